The molecule has 0 aliphatic carbocycles. The topological polar surface area (TPSA) is 41.9 Å². The number of hydrogen-bond acceptors (Lipinski definition) is 4. The molecule has 1 fully saturated rings. The Hall–Kier alpha value is -2.11. The highest BCUT2D eigenvalue weighted by atomic mass is 19.1. The van der Waals surface area contributed by atoms with Gasteiger partial charge in [-0.15, -0.1) is 0 Å². The lowest BCUT2D eigenvalue weighted by Gasteiger charge is -2.34. The molecule has 0 aromatic heterocycles. The van der Waals surface area contributed by atoms with Gasteiger partial charge in [-0.2, -0.15) is 0 Å². The van der Waals surface area contributed by atoms with E-state index in [1.807, 2.05) is 30.3 Å². The number of piperidine rings is 1. The van der Waals surface area contributed by atoms with E-state index in [2.05, 4.69) is 4.90 Å². The van der Waals surface area contributed by atoms with Gasteiger partial charge < -0.3 is 14.6 Å². The first-order valence-corrected chi connectivity index (χ1v) is 8.98. The lowest BCUT2D eigenvalue weighted by Crippen LogP contribution is -2.35. The van der Waals surface area contributed by atoms with E-state index in [-0.39, 0.29) is 19.2 Å². The minimum absolute atomic E-state index is 0. The van der Waals surface area contributed by atoms with Gasteiger partial charge in [-0.05, 0) is 55.6 Å². The average Bonchev–Trinajstić information content (AvgIpc) is 2.69. The third-order valence-corrected chi connectivity index (χ3v) is 5.15. The number of para-hydroxylation sites is 1. The highest BCUT2D eigenvalue weighted by Gasteiger charge is 2.29. The molecule has 2 aromatic carbocycles. The minimum Gasteiger partial charge on any atom is -0.493 e. The number of aliphatic hydroxyl groups excluding tert-OH is 1. The van der Waals surface area contributed by atoms with E-state index in [1.165, 1.54) is 12.1 Å². The van der Waals surface area contributed by atoms with Crippen LogP contribution < -0.4 is 9.47 Å². The number of methoxy groups -OCH3 is 2. The van der Waals surface area contributed by atoms with Crippen LogP contribution in [-0.4, -0.2) is 37.3 Å². The van der Waals surface area contributed by atoms with Crippen molar-refractivity contribution in [1.82, 2.24) is 4.90 Å². The Morgan fingerprint density at radius 3 is 2.33 bits per heavy atom. The third-order valence-electron chi connectivity index (χ3n) is 5.15. The fraction of sp³-hybridized carbons (Fsp3) is 0.455. The zero-order valence-electron chi connectivity index (χ0n) is 15.3. The fourth-order valence-corrected chi connectivity index (χ4v) is 3.67. The van der Waals surface area contributed by atoms with Crippen LogP contribution >= 0.6 is 0 Å². The maximum atomic E-state index is 13.0. The Bertz CT molecular complexity index is 712. The summed E-state index contributed by atoms with van der Waals surface area (Å²) in [6, 6.07) is 12.3. The molecule has 4 nitrogen and oxygen atoms in total. The van der Waals surface area contributed by atoms with Crippen LogP contribution in [0.1, 0.15) is 37.5 Å². The number of likely N-dealkylation sites (tertiary alicyclic amines) is 1. The molecule has 1 aliphatic rings. The fourth-order valence-electron chi connectivity index (χ4n) is 3.67. The summed E-state index contributed by atoms with van der Waals surface area (Å²) in [5.41, 5.74) is 1.89. The minimum atomic E-state index is -0.576. The molecule has 1 N–H and O–H groups in total. The van der Waals surface area contributed by atoms with Crippen molar-refractivity contribution in [2.45, 2.75) is 32.9 Å². The molecule has 0 spiro atoms. The van der Waals surface area contributed by atoms with Crippen LogP contribution in [0.15, 0.2) is 42.5 Å². The second-order valence-corrected chi connectivity index (χ2v) is 6.77. The maximum absolute atomic E-state index is 13.0. The molecule has 5 heteroatoms. The highest BCUT2D eigenvalue weighted by molar-refractivity contribution is 5.47. The maximum Gasteiger partial charge on any atom is 0.166 e. The van der Waals surface area contributed by atoms with Crippen molar-refractivity contribution in [2.24, 2.45) is 5.92 Å². The van der Waals surface area contributed by atoms with Crippen molar-refractivity contribution in [1.29, 1.82) is 0 Å². The lowest BCUT2D eigenvalue weighted by molar-refractivity contribution is 0.0549. The number of ether oxygens (including phenoxy) is 2. The molecule has 27 heavy (non-hydrogen) atoms. The Labute approximate surface area is 161 Å². The van der Waals surface area contributed by atoms with E-state index in [4.69, 9.17) is 9.47 Å². The van der Waals surface area contributed by atoms with E-state index in [0.29, 0.717) is 11.5 Å². The first kappa shape index (κ1) is 21.2. The van der Waals surface area contributed by atoms with Gasteiger partial charge in [0.25, 0.3) is 0 Å². The molecule has 3 rings (SSSR count). The van der Waals surface area contributed by atoms with Crippen LogP contribution in [-0.2, 0) is 6.54 Å². The van der Waals surface area contributed by atoms with Crippen LogP contribution in [0.25, 0.3) is 0 Å². The number of nitrogens with zero attached hydrogens (tertiary/aromatic N) is 1. The number of halogens is 1. The predicted molar refractivity (Wildman–Crippen MR) is 106 cm³/mol. The average molecular weight is 375 g/mol. The second kappa shape index (κ2) is 9.72. The Kier molecular flexibility index (Phi) is 7.63. The summed E-state index contributed by atoms with van der Waals surface area (Å²) in [7, 11) is 3.20. The van der Waals surface area contributed by atoms with Gasteiger partial charge in [0.05, 0.1) is 20.3 Å². The molecular formula is C22H30FNO3. The molecule has 1 atom stereocenters. The quantitative estimate of drug-likeness (QED) is 0.811. The molecular weight excluding hydrogens is 345 g/mol. The van der Waals surface area contributed by atoms with E-state index < -0.39 is 6.10 Å². The predicted octanol–water partition coefficient (Wildman–Crippen LogP) is 4.42. The van der Waals surface area contributed by atoms with E-state index in [1.54, 1.807) is 14.2 Å². The van der Waals surface area contributed by atoms with Crippen LogP contribution in [0, 0.1) is 11.7 Å². The Morgan fingerprint density at radius 2 is 1.74 bits per heavy atom. The van der Waals surface area contributed by atoms with Gasteiger partial charge in [0.1, 0.15) is 5.82 Å². The summed E-state index contributed by atoms with van der Waals surface area (Å²) in [6.45, 7) is 2.63. The standard InChI is InChI=1S/C21H26FNO3.CH4/c1-25-19-5-3-4-18(21(19)26-2)20(24)16-10-12-23(13-11-16)14-15-6-8-17(22)9-7-15;/h3-9,16,20,24H,10-14H2,1-2H3;1H4. The number of rotatable bonds is 6. The molecule has 2 aromatic rings. The lowest BCUT2D eigenvalue weighted by atomic mass is 9.87. The van der Waals surface area contributed by atoms with Gasteiger partial charge in [0, 0.05) is 12.1 Å². The summed E-state index contributed by atoms with van der Waals surface area (Å²) < 4.78 is 23.8. The summed E-state index contributed by atoms with van der Waals surface area (Å²) in [6.07, 6.45) is 1.24. The summed E-state index contributed by atoms with van der Waals surface area (Å²) in [4.78, 5) is 2.35. The molecule has 1 unspecified atom stereocenters. The van der Waals surface area contributed by atoms with Crippen molar-refractivity contribution in [3.8, 4) is 11.5 Å². The zero-order chi connectivity index (χ0) is 18.5. The van der Waals surface area contributed by atoms with E-state index in [0.717, 1.165) is 43.6 Å². The monoisotopic (exact) mass is 375 g/mol. The van der Waals surface area contributed by atoms with Gasteiger partial charge >= 0.3 is 0 Å². The van der Waals surface area contributed by atoms with E-state index in [9.17, 15) is 9.50 Å². The van der Waals surface area contributed by atoms with Crippen LogP contribution in [0.4, 0.5) is 4.39 Å². The van der Waals surface area contributed by atoms with Crippen LogP contribution in [0.5, 0.6) is 11.5 Å². The molecule has 1 heterocycles. The highest BCUT2D eigenvalue weighted by Crippen LogP contribution is 2.40. The van der Waals surface area contributed by atoms with Crippen molar-refractivity contribution < 1.29 is 19.0 Å². The van der Waals surface area contributed by atoms with Gasteiger partial charge in [-0.1, -0.05) is 31.7 Å². The number of aliphatic hydroxyl groups is 1. The van der Waals surface area contributed by atoms with Gasteiger partial charge in [-0.25, -0.2) is 4.39 Å². The largest absolute Gasteiger partial charge is 0.493 e. The van der Waals surface area contributed by atoms with Crippen molar-refractivity contribution >= 4 is 0 Å². The van der Waals surface area contributed by atoms with Crippen LogP contribution in [0.2, 0.25) is 0 Å². The summed E-state index contributed by atoms with van der Waals surface area (Å²) >= 11 is 0. The van der Waals surface area contributed by atoms with Crippen LogP contribution in [0.3, 0.4) is 0 Å². The van der Waals surface area contributed by atoms with E-state index >= 15 is 0 Å². The summed E-state index contributed by atoms with van der Waals surface area (Å²) in [5.74, 6) is 1.22. The van der Waals surface area contributed by atoms with Gasteiger partial charge in [-0.3, -0.25) is 4.90 Å². The van der Waals surface area contributed by atoms with Gasteiger partial charge in [0.2, 0.25) is 0 Å². The molecule has 1 aliphatic heterocycles. The first-order chi connectivity index (χ1) is 12.6. The number of benzene rings is 2. The zero-order valence-corrected chi connectivity index (χ0v) is 15.3. The molecule has 1 saturated heterocycles. The van der Waals surface area contributed by atoms with Crippen molar-refractivity contribution in [3.63, 3.8) is 0 Å². The number of hydrogen-bond donors (Lipinski definition) is 1. The second-order valence-electron chi connectivity index (χ2n) is 6.77. The SMILES string of the molecule is C.COc1cccc(C(O)C2CCN(Cc3ccc(F)cc3)CC2)c1OC. The summed E-state index contributed by atoms with van der Waals surface area (Å²) in [5, 5.41) is 10.9. The smallest absolute Gasteiger partial charge is 0.166 e. The normalized spacial score (nSPS) is 16.4. The first-order valence-electron chi connectivity index (χ1n) is 8.98. The van der Waals surface area contributed by atoms with Crippen molar-refractivity contribution in [2.75, 3.05) is 27.3 Å². The molecule has 0 amide bonds. The molecule has 148 valence electrons. The molecule has 0 saturated carbocycles. The molecule has 0 bridgehead atoms. The molecule has 0 radical (unpaired) electrons. The van der Waals surface area contributed by atoms with Crippen molar-refractivity contribution in [3.05, 3.63) is 59.4 Å². The Morgan fingerprint density at radius 1 is 1.07 bits per heavy atom. The Balaban J connectivity index is 0.00000261. The third kappa shape index (κ3) is 4.99. The van der Waals surface area contributed by atoms with Gasteiger partial charge in [0.15, 0.2) is 11.5 Å².